The predicted octanol–water partition coefficient (Wildman–Crippen LogP) is 1.83. The molecule has 90 valence electrons. The monoisotopic (exact) mass is 224 g/mol. The molecule has 1 aromatic heterocycles. The number of hydrogen-bond donors (Lipinski definition) is 1. The number of aromatic nitrogens is 2. The molecule has 1 aromatic rings. The SMILES string of the molecule is COc1cnn(C)c1C1(O)CCC(C)(C)C1. The summed E-state index contributed by atoms with van der Waals surface area (Å²) in [5.41, 5.74) is 0.199. The molecule has 1 atom stereocenters. The molecular weight excluding hydrogens is 204 g/mol. The molecule has 0 amide bonds. The standard InChI is InChI=1S/C12H20N2O2/c1-11(2)5-6-12(15,8-11)10-9(16-4)7-13-14(10)3/h7,15H,5-6,8H2,1-4H3. The van der Waals surface area contributed by atoms with Gasteiger partial charge in [0.1, 0.15) is 11.3 Å². The number of hydrogen-bond acceptors (Lipinski definition) is 3. The number of rotatable bonds is 2. The first-order valence-electron chi connectivity index (χ1n) is 5.67. The van der Waals surface area contributed by atoms with Crippen molar-refractivity contribution in [2.75, 3.05) is 7.11 Å². The summed E-state index contributed by atoms with van der Waals surface area (Å²) >= 11 is 0. The Labute approximate surface area is 96.2 Å². The quantitative estimate of drug-likeness (QED) is 0.833. The van der Waals surface area contributed by atoms with E-state index < -0.39 is 5.60 Å². The Morgan fingerprint density at radius 1 is 1.44 bits per heavy atom. The van der Waals surface area contributed by atoms with Crippen LogP contribution in [0.3, 0.4) is 0 Å². The molecule has 1 N–H and O–H groups in total. The lowest BCUT2D eigenvalue weighted by Crippen LogP contribution is -2.27. The van der Waals surface area contributed by atoms with Crippen LogP contribution in [0.2, 0.25) is 0 Å². The zero-order chi connectivity index (χ0) is 12.0. The van der Waals surface area contributed by atoms with Crippen LogP contribution in [-0.2, 0) is 12.6 Å². The van der Waals surface area contributed by atoms with Gasteiger partial charge in [-0.3, -0.25) is 4.68 Å². The van der Waals surface area contributed by atoms with Crippen LogP contribution in [0.25, 0.3) is 0 Å². The minimum absolute atomic E-state index is 0.185. The maximum Gasteiger partial charge on any atom is 0.162 e. The number of aliphatic hydroxyl groups is 1. The maximum absolute atomic E-state index is 10.7. The summed E-state index contributed by atoms with van der Waals surface area (Å²) in [6.45, 7) is 4.38. The highest BCUT2D eigenvalue weighted by molar-refractivity contribution is 5.32. The second-order valence-corrected chi connectivity index (χ2v) is 5.56. The second kappa shape index (κ2) is 3.48. The first-order valence-corrected chi connectivity index (χ1v) is 5.67. The molecule has 2 rings (SSSR count). The smallest absolute Gasteiger partial charge is 0.162 e. The third-order valence-corrected chi connectivity index (χ3v) is 3.55. The van der Waals surface area contributed by atoms with Crippen molar-refractivity contribution in [3.63, 3.8) is 0 Å². The zero-order valence-electron chi connectivity index (χ0n) is 10.4. The predicted molar refractivity (Wildman–Crippen MR) is 61.3 cm³/mol. The van der Waals surface area contributed by atoms with Gasteiger partial charge in [0, 0.05) is 7.05 Å². The molecule has 1 unspecified atom stereocenters. The molecule has 4 nitrogen and oxygen atoms in total. The lowest BCUT2D eigenvalue weighted by molar-refractivity contribution is 0.0235. The van der Waals surface area contributed by atoms with Crippen LogP contribution in [0.5, 0.6) is 5.75 Å². The summed E-state index contributed by atoms with van der Waals surface area (Å²) in [5, 5.41) is 14.9. The number of nitrogens with zero attached hydrogens (tertiary/aromatic N) is 2. The number of aryl methyl sites for hydroxylation is 1. The Balaban J connectivity index is 2.40. The van der Waals surface area contributed by atoms with Gasteiger partial charge in [0.15, 0.2) is 5.75 Å². The summed E-state index contributed by atoms with van der Waals surface area (Å²) in [4.78, 5) is 0. The average molecular weight is 224 g/mol. The van der Waals surface area contributed by atoms with Crippen LogP contribution in [0.1, 0.15) is 38.8 Å². The molecule has 0 bridgehead atoms. The Morgan fingerprint density at radius 2 is 2.12 bits per heavy atom. The van der Waals surface area contributed by atoms with E-state index in [0.717, 1.165) is 25.0 Å². The summed E-state index contributed by atoms with van der Waals surface area (Å²) in [6, 6.07) is 0. The Bertz CT molecular complexity index is 398. The molecule has 1 aliphatic rings. The Morgan fingerprint density at radius 3 is 2.62 bits per heavy atom. The molecule has 0 aliphatic heterocycles. The van der Waals surface area contributed by atoms with Crippen molar-refractivity contribution >= 4 is 0 Å². The van der Waals surface area contributed by atoms with E-state index in [0.29, 0.717) is 5.75 Å². The molecule has 4 heteroatoms. The van der Waals surface area contributed by atoms with E-state index in [2.05, 4.69) is 18.9 Å². The van der Waals surface area contributed by atoms with Gasteiger partial charge < -0.3 is 9.84 Å². The van der Waals surface area contributed by atoms with Gasteiger partial charge in [-0.25, -0.2) is 0 Å². The van der Waals surface area contributed by atoms with Crippen molar-refractivity contribution in [2.24, 2.45) is 12.5 Å². The van der Waals surface area contributed by atoms with Crippen LogP contribution in [0.15, 0.2) is 6.20 Å². The van der Waals surface area contributed by atoms with Gasteiger partial charge in [-0.05, 0) is 24.7 Å². The van der Waals surface area contributed by atoms with Crippen molar-refractivity contribution in [3.8, 4) is 5.75 Å². The fraction of sp³-hybridized carbons (Fsp3) is 0.750. The van der Waals surface area contributed by atoms with Gasteiger partial charge in [0.05, 0.1) is 13.3 Å². The molecule has 1 fully saturated rings. The van der Waals surface area contributed by atoms with E-state index in [1.54, 1.807) is 18.0 Å². The highest BCUT2D eigenvalue weighted by Gasteiger charge is 2.46. The van der Waals surface area contributed by atoms with Crippen molar-refractivity contribution in [3.05, 3.63) is 11.9 Å². The van der Waals surface area contributed by atoms with Crippen LogP contribution >= 0.6 is 0 Å². The van der Waals surface area contributed by atoms with E-state index in [-0.39, 0.29) is 5.41 Å². The van der Waals surface area contributed by atoms with Gasteiger partial charge in [-0.1, -0.05) is 13.8 Å². The van der Waals surface area contributed by atoms with Crippen molar-refractivity contribution in [2.45, 2.75) is 38.7 Å². The van der Waals surface area contributed by atoms with Crippen LogP contribution in [-0.4, -0.2) is 22.0 Å². The number of ether oxygens (including phenoxy) is 1. The third-order valence-electron chi connectivity index (χ3n) is 3.55. The van der Waals surface area contributed by atoms with Crippen molar-refractivity contribution in [1.82, 2.24) is 9.78 Å². The fourth-order valence-corrected chi connectivity index (χ4v) is 2.81. The fourth-order valence-electron chi connectivity index (χ4n) is 2.81. The topological polar surface area (TPSA) is 47.3 Å². The Kier molecular flexibility index (Phi) is 2.49. The molecular formula is C12H20N2O2. The third kappa shape index (κ3) is 1.71. The van der Waals surface area contributed by atoms with E-state index in [9.17, 15) is 5.11 Å². The minimum Gasteiger partial charge on any atom is -0.493 e. The molecule has 1 heterocycles. The van der Waals surface area contributed by atoms with Crippen LogP contribution in [0, 0.1) is 5.41 Å². The molecule has 0 aromatic carbocycles. The first-order chi connectivity index (χ1) is 7.38. The molecule has 1 saturated carbocycles. The summed E-state index contributed by atoms with van der Waals surface area (Å²) in [6.07, 6.45) is 4.22. The highest BCUT2D eigenvalue weighted by atomic mass is 16.5. The average Bonchev–Trinajstić information content (AvgIpc) is 2.68. The summed E-state index contributed by atoms with van der Waals surface area (Å²) < 4.78 is 6.99. The normalized spacial score (nSPS) is 28.3. The van der Waals surface area contributed by atoms with Gasteiger partial charge in [0.25, 0.3) is 0 Å². The van der Waals surface area contributed by atoms with Gasteiger partial charge in [-0.2, -0.15) is 5.10 Å². The molecule has 16 heavy (non-hydrogen) atoms. The maximum atomic E-state index is 10.7. The highest BCUT2D eigenvalue weighted by Crippen LogP contribution is 2.50. The summed E-state index contributed by atoms with van der Waals surface area (Å²) in [5.74, 6) is 0.683. The minimum atomic E-state index is -0.792. The zero-order valence-corrected chi connectivity index (χ0v) is 10.4. The molecule has 0 spiro atoms. The van der Waals surface area contributed by atoms with Gasteiger partial charge >= 0.3 is 0 Å². The molecule has 0 radical (unpaired) electrons. The van der Waals surface area contributed by atoms with Gasteiger partial charge in [-0.15, -0.1) is 0 Å². The van der Waals surface area contributed by atoms with Crippen molar-refractivity contribution < 1.29 is 9.84 Å². The van der Waals surface area contributed by atoms with E-state index >= 15 is 0 Å². The number of methoxy groups -OCH3 is 1. The van der Waals surface area contributed by atoms with Crippen molar-refractivity contribution in [1.29, 1.82) is 0 Å². The Hall–Kier alpha value is -1.03. The van der Waals surface area contributed by atoms with E-state index in [1.807, 2.05) is 7.05 Å². The van der Waals surface area contributed by atoms with Gasteiger partial charge in [0.2, 0.25) is 0 Å². The first kappa shape index (κ1) is 11.5. The second-order valence-electron chi connectivity index (χ2n) is 5.56. The summed E-state index contributed by atoms with van der Waals surface area (Å²) in [7, 11) is 3.46. The largest absolute Gasteiger partial charge is 0.493 e. The van der Waals surface area contributed by atoms with E-state index in [1.165, 1.54) is 0 Å². The lowest BCUT2D eigenvalue weighted by atomic mass is 9.88. The lowest BCUT2D eigenvalue weighted by Gasteiger charge is -2.26. The van der Waals surface area contributed by atoms with E-state index in [4.69, 9.17) is 4.74 Å². The molecule has 1 aliphatic carbocycles. The van der Waals surface area contributed by atoms with Crippen LogP contribution < -0.4 is 4.74 Å². The molecule has 0 saturated heterocycles. The van der Waals surface area contributed by atoms with Crippen LogP contribution in [0.4, 0.5) is 0 Å².